The van der Waals surface area contributed by atoms with E-state index in [1.165, 1.54) is 31.2 Å². The van der Waals surface area contributed by atoms with Gasteiger partial charge in [0.05, 0.1) is 12.1 Å². The Kier molecular flexibility index (Phi) is 29.3. The highest BCUT2D eigenvalue weighted by Crippen LogP contribution is 2.14. The van der Waals surface area contributed by atoms with E-state index in [4.69, 9.17) is 22.3 Å². The van der Waals surface area contributed by atoms with Crippen LogP contribution >= 0.6 is 0 Å². The van der Waals surface area contributed by atoms with Gasteiger partial charge in [0.1, 0.15) is 54.1 Å². The Labute approximate surface area is 446 Å². The number of phenols is 1. The first-order valence-electron chi connectivity index (χ1n) is 25.2. The average molecular weight is 1090 g/mol. The van der Waals surface area contributed by atoms with E-state index in [0.29, 0.717) is 5.56 Å². The number of carboxylic acid groups (broad SMARTS) is 3. The first-order chi connectivity index (χ1) is 35.8. The van der Waals surface area contributed by atoms with Crippen LogP contribution in [0.5, 0.6) is 5.75 Å². The van der Waals surface area contributed by atoms with Crippen molar-refractivity contribution in [2.45, 2.75) is 174 Å². The van der Waals surface area contributed by atoms with Gasteiger partial charge in [-0.25, -0.2) is 4.79 Å². The quantitative estimate of drug-likeness (QED) is 0.0185. The van der Waals surface area contributed by atoms with Crippen LogP contribution in [-0.4, -0.2) is 164 Å². The number of carboxylic acids is 3. The van der Waals surface area contributed by atoms with Gasteiger partial charge in [-0.05, 0) is 87.8 Å². The van der Waals surface area contributed by atoms with Gasteiger partial charge in [-0.2, -0.15) is 0 Å². The maximum atomic E-state index is 14.1. The maximum Gasteiger partial charge on any atom is 0.326 e. The second kappa shape index (κ2) is 33.4. The van der Waals surface area contributed by atoms with E-state index < -0.39 is 151 Å². The second-order valence-electron chi connectivity index (χ2n) is 19.9. The van der Waals surface area contributed by atoms with Crippen molar-refractivity contribution in [1.29, 1.82) is 0 Å². The van der Waals surface area contributed by atoms with Gasteiger partial charge in [0.15, 0.2) is 5.96 Å². The van der Waals surface area contributed by atoms with Crippen LogP contribution in [0.3, 0.4) is 0 Å². The Morgan fingerprint density at radius 1 is 0.519 bits per heavy atom. The van der Waals surface area contributed by atoms with Crippen molar-refractivity contribution in [2.24, 2.45) is 39.9 Å². The number of carbonyl (C=O) groups is 11. The summed E-state index contributed by atoms with van der Waals surface area (Å²) in [4.78, 5) is 148. The zero-order valence-corrected chi connectivity index (χ0v) is 44.8. The molecule has 0 aliphatic carbocycles. The van der Waals surface area contributed by atoms with E-state index in [-0.39, 0.29) is 68.6 Å². The summed E-state index contributed by atoms with van der Waals surface area (Å²) in [6.07, 6.45) is -3.69. The minimum Gasteiger partial charge on any atom is -0.508 e. The SMILES string of the molecule is CC(C)C[C@H](NC(=O)[C@H](CC(C)C)NC(=O)[C@H](CCC(=O)O)NC(=O)[C@@H](NC(=O)[C@@H](NC(=O)[C@@H](N)CCC(=O)O)C(C)C)[C@@H](C)O)C(=O)N[C@@H](C)C(=O)N[C@@H](CCCN=C(N)N)C(=O)N[C@@H](Cc1ccc(O)cc1)C(=O)O. The number of hydrogen-bond acceptors (Lipinski definition) is 15. The second-order valence-corrected chi connectivity index (χ2v) is 19.9. The zero-order valence-electron chi connectivity index (χ0n) is 44.8. The zero-order chi connectivity index (χ0) is 58.9. The molecule has 19 N–H and O–H groups in total. The smallest absolute Gasteiger partial charge is 0.326 e. The average Bonchev–Trinajstić information content (AvgIpc) is 3.32. The Bertz CT molecular complexity index is 2220. The number of aliphatic hydroxyl groups is 1. The van der Waals surface area contributed by atoms with Crippen molar-refractivity contribution in [3.63, 3.8) is 0 Å². The molecule has 0 saturated carbocycles. The van der Waals surface area contributed by atoms with E-state index >= 15 is 0 Å². The van der Waals surface area contributed by atoms with Gasteiger partial charge in [0, 0.05) is 25.8 Å². The van der Waals surface area contributed by atoms with Gasteiger partial charge < -0.3 is 85.3 Å². The summed E-state index contributed by atoms with van der Waals surface area (Å²) in [7, 11) is 0. The van der Waals surface area contributed by atoms with Crippen LogP contribution in [0, 0.1) is 17.8 Å². The summed E-state index contributed by atoms with van der Waals surface area (Å²) in [5.41, 5.74) is 17.1. The molecule has 432 valence electrons. The minimum absolute atomic E-state index is 0.00427. The molecular formula is C49H80N12O16. The molecule has 28 heteroatoms. The molecule has 0 spiro atoms. The van der Waals surface area contributed by atoms with Gasteiger partial charge in [-0.1, -0.05) is 53.7 Å². The van der Waals surface area contributed by atoms with Crippen LogP contribution in [0.15, 0.2) is 29.3 Å². The molecule has 0 bridgehead atoms. The van der Waals surface area contributed by atoms with E-state index in [1.54, 1.807) is 41.5 Å². The molecule has 0 aromatic heterocycles. The molecule has 0 saturated heterocycles. The van der Waals surface area contributed by atoms with E-state index in [2.05, 4.69) is 47.5 Å². The number of guanidine groups is 1. The predicted molar refractivity (Wildman–Crippen MR) is 278 cm³/mol. The third-order valence-electron chi connectivity index (χ3n) is 11.6. The number of rotatable bonds is 35. The van der Waals surface area contributed by atoms with Gasteiger partial charge in [-0.3, -0.25) is 52.9 Å². The molecule has 77 heavy (non-hydrogen) atoms. The highest BCUT2D eigenvalue weighted by molar-refractivity contribution is 5.98. The number of phenolic OH excluding ortho intramolecular Hbond substituents is 1. The third kappa shape index (κ3) is 26.1. The van der Waals surface area contributed by atoms with Crippen LogP contribution in [0.2, 0.25) is 0 Å². The largest absolute Gasteiger partial charge is 0.508 e. The summed E-state index contributed by atoms with van der Waals surface area (Å²) < 4.78 is 0. The minimum atomic E-state index is -1.79. The van der Waals surface area contributed by atoms with Crippen molar-refractivity contribution < 1.29 is 78.3 Å². The molecule has 0 fully saturated rings. The van der Waals surface area contributed by atoms with Crippen LogP contribution in [-0.2, 0) is 59.2 Å². The highest BCUT2D eigenvalue weighted by Gasteiger charge is 2.37. The molecule has 1 aromatic carbocycles. The first kappa shape index (κ1) is 67.4. The summed E-state index contributed by atoms with van der Waals surface area (Å²) in [5.74, 6) is -12.9. The molecule has 10 atom stereocenters. The maximum absolute atomic E-state index is 14.1. The van der Waals surface area contributed by atoms with Gasteiger partial charge in [-0.15, -0.1) is 0 Å². The molecule has 0 radical (unpaired) electrons. The Hall–Kier alpha value is -7.62. The number of aliphatic imine (C=N–C) groups is 1. The lowest BCUT2D eigenvalue weighted by molar-refractivity contribution is -0.142. The van der Waals surface area contributed by atoms with Gasteiger partial charge in [0.2, 0.25) is 47.3 Å². The van der Waals surface area contributed by atoms with Crippen LogP contribution in [0.1, 0.15) is 112 Å². The molecule has 0 aliphatic rings. The molecule has 8 amide bonds. The number of hydrogen-bond donors (Lipinski definition) is 16. The number of nitrogens with two attached hydrogens (primary N) is 3. The number of benzene rings is 1. The number of carbonyl (C=O) groups excluding carboxylic acids is 8. The third-order valence-corrected chi connectivity index (χ3v) is 11.6. The molecule has 0 heterocycles. The lowest BCUT2D eigenvalue weighted by Gasteiger charge is -2.29. The molecule has 0 unspecified atom stereocenters. The first-order valence-corrected chi connectivity index (χ1v) is 25.2. The van der Waals surface area contributed by atoms with Gasteiger partial charge >= 0.3 is 17.9 Å². The van der Waals surface area contributed by atoms with Crippen LogP contribution < -0.4 is 59.7 Å². The summed E-state index contributed by atoms with van der Waals surface area (Å²) in [6.45, 7) is 12.5. The number of nitrogens with zero attached hydrogens (tertiary/aromatic N) is 1. The lowest BCUT2D eigenvalue weighted by Crippen LogP contribution is -2.62. The summed E-state index contributed by atoms with van der Waals surface area (Å²) in [6, 6.07) is -7.41. The Morgan fingerprint density at radius 3 is 1.42 bits per heavy atom. The fraction of sp³-hybridized carbons (Fsp3) is 0.633. The van der Waals surface area contributed by atoms with Crippen molar-refractivity contribution in [1.82, 2.24) is 42.5 Å². The van der Waals surface area contributed by atoms with E-state index in [1.807, 2.05) is 0 Å². The number of aromatic hydroxyl groups is 1. The fourth-order valence-corrected chi connectivity index (χ4v) is 7.39. The molecule has 0 aliphatic heterocycles. The Balaban J connectivity index is 3.36. The van der Waals surface area contributed by atoms with E-state index in [0.717, 1.165) is 6.92 Å². The van der Waals surface area contributed by atoms with Crippen LogP contribution in [0.4, 0.5) is 0 Å². The molecule has 28 nitrogen and oxygen atoms in total. The van der Waals surface area contributed by atoms with Gasteiger partial charge in [0.25, 0.3) is 0 Å². The molecule has 1 rings (SSSR count). The van der Waals surface area contributed by atoms with Crippen molar-refractivity contribution >= 4 is 71.1 Å². The Morgan fingerprint density at radius 2 is 0.948 bits per heavy atom. The predicted octanol–water partition coefficient (Wildman–Crippen LogP) is -2.84. The summed E-state index contributed by atoms with van der Waals surface area (Å²) in [5, 5.41) is 68.3. The molecular weight excluding hydrogens is 1010 g/mol. The number of aliphatic hydroxyl groups excluding tert-OH is 1. The lowest BCUT2D eigenvalue weighted by atomic mass is 9.99. The standard InChI is InChI=1S/C49H80N12O16/c1-23(2)20-33(44(72)54-26(7)40(68)55-31(10-9-19-53-49(51)52)42(70)59-35(48(76)77)22-28-11-13-29(63)14-12-28)58-45(73)34(21-24(3)4)57-43(71)32(16-18-37(66)67)56-47(75)39(27(8)62)61-46(74)38(25(5)6)60-41(69)30(50)15-17-36(64)65/h11-14,23-27,30-35,38-39,62-63H,9-10,15-22,50H2,1-8H3,(H,54,72)(H,55,68)(H,56,75)(H,57,71)(H,58,73)(H,59,70)(H,60,69)(H,61,74)(H,64,65)(H,66,67)(H,76,77)(H4,51,52,53)/t26-,27+,30-,31-,32-,33-,34-,35-,38-,39-/m0/s1. The number of aliphatic carboxylic acids is 3. The molecule has 1 aromatic rings. The highest BCUT2D eigenvalue weighted by atomic mass is 16.4. The topological polar surface area (TPSA) is 476 Å². The van der Waals surface area contributed by atoms with Crippen molar-refractivity contribution in [3.05, 3.63) is 29.8 Å². The van der Waals surface area contributed by atoms with Crippen LogP contribution in [0.25, 0.3) is 0 Å². The number of amides is 8. The monoisotopic (exact) mass is 1090 g/mol. The van der Waals surface area contributed by atoms with Crippen molar-refractivity contribution in [3.8, 4) is 5.75 Å². The fourth-order valence-electron chi connectivity index (χ4n) is 7.39. The summed E-state index contributed by atoms with van der Waals surface area (Å²) >= 11 is 0. The normalized spacial score (nSPS) is 15.1. The van der Waals surface area contributed by atoms with E-state index in [9.17, 15) is 73.2 Å². The number of nitrogens with one attached hydrogen (secondary N) is 8. The van der Waals surface area contributed by atoms with Crippen molar-refractivity contribution in [2.75, 3.05) is 6.54 Å².